The van der Waals surface area contributed by atoms with Gasteiger partial charge in [0.2, 0.25) is 5.91 Å². The van der Waals surface area contributed by atoms with Gasteiger partial charge in [-0.05, 0) is 33.4 Å². The van der Waals surface area contributed by atoms with Gasteiger partial charge in [-0.3, -0.25) is 9.69 Å². The van der Waals surface area contributed by atoms with Crippen LogP contribution in [0.4, 0.5) is 0 Å². The smallest absolute Gasteiger partial charge is 0.224 e. The molecule has 2 rings (SSSR count). The SMILES string of the molecule is CNC(C)(C#N)CN1CCCC2C(=O)NCC21. The van der Waals surface area contributed by atoms with Crippen LogP contribution >= 0.6 is 0 Å². The molecule has 2 heterocycles. The summed E-state index contributed by atoms with van der Waals surface area (Å²) in [6.07, 6.45) is 2.02. The Morgan fingerprint density at radius 2 is 2.47 bits per heavy atom. The lowest BCUT2D eigenvalue weighted by molar-refractivity contribution is -0.124. The van der Waals surface area contributed by atoms with Gasteiger partial charge in [0.25, 0.3) is 0 Å². The molecule has 0 aromatic heterocycles. The minimum atomic E-state index is -0.534. The zero-order chi connectivity index (χ0) is 12.5. The summed E-state index contributed by atoms with van der Waals surface area (Å²) < 4.78 is 0. The third kappa shape index (κ3) is 2.28. The first-order valence-corrected chi connectivity index (χ1v) is 6.21. The van der Waals surface area contributed by atoms with Gasteiger partial charge in [0, 0.05) is 19.1 Å². The molecule has 2 aliphatic rings. The second-order valence-corrected chi connectivity index (χ2v) is 5.23. The average molecular weight is 236 g/mol. The molecule has 3 atom stereocenters. The number of piperidine rings is 1. The molecular formula is C12H20N4O. The van der Waals surface area contributed by atoms with E-state index in [0.717, 1.165) is 25.9 Å². The zero-order valence-electron chi connectivity index (χ0n) is 10.5. The van der Waals surface area contributed by atoms with Crippen molar-refractivity contribution in [3.8, 4) is 6.07 Å². The van der Waals surface area contributed by atoms with Crippen molar-refractivity contribution in [3.05, 3.63) is 0 Å². The highest BCUT2D eigenvalue weighted by Gasteiger charge is 2.42. The van der Waals surface area contributed by atoms with Crippen molar-refractivity contribution in [2.24, 2.45) is 5.92 Å². The lowest BCUT2D eigenvalue weighted by atomic mass is 9.90. The Bertz CT molecular complexity index is 351. The molecule has 0 bridgehead atoms. The molecule has 3 unspecified atom stereocenters. The summed E-state index contributed by atoms with van der Waals surface area (Å²) in [5, 5.41) is 15.2. The highest BCUT2D eigenvalue weighted by atomic mass is 16.2. The molecule has 2 fully saturated rings. The van der Waals surface area contributed by atoms with Crippen LogP contribution in [0.5, 0.6) is 0 Å². The largest absolute Gasteiger partial charge is 0.354 e. The fourth-order valence-electron chi connectivity index (χ4n) is 2.81. The first-order valence-electron chi connectivity index (χ1n) is 6.21. The number of nitriles is 1. The van der Waals surface area contributed by atoms with Crippen LogP contribution in [-0.4, -0.2) is 49.1 Å². The molecule has 0 aromatic rings. The predicted octanol–water partition coefficient (Wildman–Crippen LogP) is -0.302. The van der Waals surface area contributed by atoms with Gasteiger partial charge in [0.1, 0.15) is 5.54 Å². The second kappa shape index (κ2) is 4.63. The highest BCUT2D eigenvalue weighted by molar-refractivity contribution is 5.82. The molecule has 0 spiro atoms. The fraction of sp³-hybridized carbons (Fsp3) is 0.833. The Labute approximate surface area is 102 Å². The van der Waals surface area contributed by atoms with Crippen molar-refractivity contribution >= 4 is 5.91 Å². The van der Waals surface area contributed by atoms with Crippen molar-refractivity contribution < 1.29 is 4.79 Å². The number of hydrogen-bond donors (Lipinski definition) is 2. The number of likely N-dealkylation sites (tertiary alicyclic amines) is 1. The van der Waals surface area contributed by atoms with E-state index in [9.17, 15) is 10.1 Å². The van der Waals surface area contributed by atoms with Gasteiger partial charge >= 0.3 is 0 Å². The Kier molecular flexibility index (Phi) is 3.36. The van der Waals surface area contributed by atoms with E-state index in [-0.39, 0.29) is 17.9 Å². The Balaban J connectivity index is 2.06. The Morgan fingerprint density at radius 1 is 1.71 bits per heavy atom. The summed E-state index contributed by atoms with van der Waals surface area (Å²) >= 11 is 0. The Hall–Kier alpha value is -1.12. The number of hydrogen-bond acceptors (Lipinski definition) is 4. The standard InChI is InChI=1S/C12H20N4O/c1-12(7-13,14-2)8-16-5-3-4-9-10(16)6-15-11(9)17/h9-10,14H,3-6,8H2,1-2H3,(H,15,17). The number of rotatable bonds is 3. The number of fused-ring (bicyclic) bond motifs is 1. The van der Waals surface area contributed by atoms with Gasteiger partial charge in [-0.15, -0.1) is 0 Å². The van der Waals surface area contributed by atoms with Crippen molar-refractivity contribution in [2.45, 2.75) is 31.3 Å². The van der Waals surface area contributed by atoms with Crippen molar-refractivity contribution in [2.75, 3.05) is 26.7 Å². The van der Waals surface area contributed by atoms with Crippen LogP contribution in [0.15, 0.2) is 0 Å². The van der Waals surface area contributed by atoms with Gasteiger partial charge in [-0.1, -0.05) is 0 Å². The molecule has 0 aliphatic carbocycles. The molecule has 17 heavy (non-hydrogen) atoms. The average Bonchev–Trinajstić information content (AvgIpc) is 2.72. The monoisotopic (exact) mass is 236 g/mol. The Morgan fingerprint density at radius 3 is 3.12 bits per heavy atom. The summed E-state index contributed by atoms with van der Waals surface area (Å²) in [5.74, 6) is 0.311. The van der Waals surface area contributed by atoms with E-state index in [2.05, 4.69) is 21.6 Å². The van der Waals surface area contributed by atoms with Gasteiger partial charge in [-0.2, -0.15) is 5.26 Å². The topological polar surface area (TPSA) is 68.2 Å². The van der Waals surface area contributed by atoms with E-state index in [1.807, 2.05) is 14.0 Å². The summed E-state index contributed by atoms with van der Waals surface area (Å²) in [5.41, 5.74) is -0.534. The van der Waals surface area contributed by atoms with Gasteiger partial charge in [-0.25, -0.2) is 0 Å². The van der Waals surface area contributed by atoms with Crippen molar-refractivity contribution in [1.82, 2.24) is 15.5 Å². The van der Waals surface area contributed by atoms with E-state index in [1.54, 1.807) is 0 Å². The maximum atomic E-state index is 11.6. The van der Waals surface area contributed by atoms with Gasteiger partial charge in [0.15, 0.2) is 0 Å². The van der Waals surface area contributed by atoms with Gasteiger partial charge < -0.3 is 10.6 Å². The maximum absolute atomic E-state index is 11.6. The third-order valence-corrected chi connectivity index (χ3v) is 4.03. The molecule has 5 heteroatoms. The molecular weight excluding hydrogens is 216 g/mol. The highest BCUT2D eigenvalue weighted by Crippen LogP contribution is 2.28. The summed E-state index contributed by atoms with van der Waals surface area (Å²) in [6.45, 7) is 4.29. The number of nitrogens with zero attached hydrogens (tertiary/aromatic N) is 2. The molecule has 1 amide bonds. The molecule has 2 saturated heterocycles. The third-order valence-electron chi connectivity index (χ3n) is 4.03. The molecule has 2 aliphatic heterocycles. The zero-order valence-corrected chi connectivity index (χ0v) is 10.5. The van der Waals surface area contributed by atoms with Crippen LogP contribution in [-0.2, 0) is 4.79 Å². The summed E-state index contributed by atoms with van der Waals surface area (Å²) in [4.78, 5) is 13.9. The van der Waals surface area contributed by atoms with E-state index >= 15 is 0 Å². The van der Waals surface area contributed by atoms with Crippen LogP contribution in [0.3, 0.4) is 0 Å². The molecule has 5 nitrogen and oxygen atoms in total. The van der Waals surface area contributed by atoms with Crippen molar-refractivity contribution in [3.63, 3.8) is 0 Å². The quantitative estimate of drug-likeness (QED) is 0.706. The normalized spacial score (nSPS) is 32.4. The van der Waals surface area contributed by atoms with E-state index in [0.29, 0.717) is 6.54 Å². The number of likely N-dealkylation sites (N-methyl/N-ethyl adjacent to an activating group) is 1. The van der Waals surface area contributed by atoms with E-state index < -0.39 is 5.54 Å². The number of carbonyl (C=O) groups is 1. The number of nitrogens with one attached hydrogen (secondary N) is 2. The number of amides is 1. The van der Waals surface area contributed by atoms with E-state index in [1.165, 1.54) is 0 Å². The van der Waals surface area contributed by atoms with E-state index in [4.69, 9.17) is 0 Å². The lowest BCUT2D eigenvalue weighted by Gasteiger charge is -2.39. The fourth-order valence-corrected chi connectivity index (χ4v) is 2.81. The molecule has 0 radical (unpaired) electrons. The molecule has 0 saturated carbocycles. The molecule has 2 N–H and O–H groups in total. The van der Waals surface area contributed by atoms with Crippen LogP contribution < -0.4 is 10.6 Å². The van der Waals surface area contributed by atoms with Crippen LogP contribution in [0, 0.1) is 17.2 Å². The van der Waals surface area contributed by atoms with Crippen LogP contribution in [0.2, 0.25) is 0 Å². The summed E-state index contributed by atoms with van der Waals surface area (Å²) in [6, 6.07) is 2.58. The minimum absolute atomic E-state index is 0.128. The van der Waals surface area contributed by atoms with Crippen LogP contribution in [0.1, 0.15) is 19.8 Å². The van der Waals surface area contributed by atoms with Crippen molar-refractivity contribution in [1.29, 1.82) is 5.26 Å². The molecule has 0 aromatic carbocycles. The minimum Gasteiger partial charge on any atom is -0.354 e. The predicted molar refractivity (Wildman–Crippen MR) is 64.2 cm³/mol. The first kappa shape index (κ1) is 12.3. The second-order valence-electron chi connectivity index (χ2n) is 5.23. The van der Waals surface area contributed by atoms with Gasteiger partial charge in [0.05, 0.1) is 12.0 Å². The first-order chi connectivity index (χ1) is 8.09. The molecule has 94 valence electrons. The summed E-state index contributed by atoms with van der Waals surface area (Å²) in [7, 11) is 1.81. The van der Waals surface area contributed by atoms with Crippen LogP contribution in [0.25, 0.3) is 0 Å². The number of carbonyl (C=O) groups excluding carboxylic acids is 1. The lowest BCUT2D eigenvalue weighted by Crippen LogP contribution is -2.55. The maximum Gasteiger partial charge on any atom is 0.224 e.